The lowest BCUT2D eigenvalue weighted by Crippen LogP contribution is -2.30. The van der Waals surface area contributed by atoms with E-state index in [0.29, 0.717) is 27.9 Å². The van der Waals surface area contributed by atoms with Crippen LogP contribution in [0.2, 0.25) is 5.02 Å². The molecule has 1 saturated carbocycles. The molecule has 26 heavy (non-hydrogen) atoms. The van der Waals surface area contributed by atoms with Crippen LogP contribution < -0.4 is 16.4 Å². The van der Waals surface area contributed by atoms with Crippen molar-refractivity contribution in [2.75, 3.05) is 11.1 Å². The minimum atomic E-state index is -0.282. The molecule has 0 saturated heterocycles. The first-order valence-electron chi connectivity index (χ1n) is 8.40. The first-order chi connectivity index (χ1) is 12.6. The Morgan fingerprint density at radius 1 is 1.12 bits per heavy atom. The van der Waals surface area contributed by atoms with Gasteiger partial charge in [-0.25, -0.2) is 9.48 Å². The molecule has 0 spiro atoms. The molecule has 3 aromatic rings. The number of nitrogens with one attached hydrogen (secondary N) is 2. The Balaban J connectivity index is 1.79. The van der Waals surface area contributed by atoms with Crippen LogP contribution in [0.5, 0.6) is 0 Å². The van der Waals surface area contributed by atoms with Gasteiger partial charge in [-0.15, -0.1) is 0 Å². The molecule has 0 unspecified atom stereocenters. The lowest BCUT2D eigenvalue weighted by atomic mass is 10.1. The van der Waals surface area contributed by atoms with Gasteiger partial charge in [0.15, 0.2) is 5.82 Å². The summed E-state index contributed by atoms with van der Waals surface area (Å²) in [5.74, 6) is 0.322. The minimum absolute atomic E-state index is 0.245. The lowest BCUT2D eigenvalue weighted by Gasteiger charge is -2.09. The number of halogens is 1. The Morgan fingerprint density at radius 2 is 1.81 bits per heavy atom. The number of carbonyl (C=O) groups is 1. The summed E-state index contributed by atoms with van der Waals surface area (Å²) in [6, 6.07) is 16.8. The zero-order chi connectivity index (χ0) is 18.1. The third-order valence-electron chi connectivity index (χ3n) is 4.20. The highest BCUT2D eigenvalue weighted by molar-refractivity contribution is 6.32. The predicted molar refractivity (Wildman–Crippen MR) is 104 cm³/mol. The van der Waals surface area contributed by atoms with E-state index in [-0.39, 0.29) is 12.1 Å². The van der Waals surface area contributed by atoms with Crippen LogP contribution >= 0.6 is 11.6 Å². The van der Waals surface area contributed by atoms with Crippen LogP contribution in [-0.4, -0.2) is 21.9 Å². The van der Waals surface area contributed by atoms with Crippen LogP contribution in [0.25, 0.3) is 16.9 Å². The molecule has 0 atom stereocenters. The molecule has 1 aromatic heterocycles. The maximum Gasteiger partial charge on any atom is 0.319 e. The number of benzene rings is 2. The van der Waals surface area contributed by atoms with Crippen LogP contribution in [0.1, 0.15) is 12.8 Å². The largest absolute Gasteiger partial charge is 0.382 e. The fraction of sp³-hybridized carbons (Fsp3) is 0.158. The molecule has 7 heteroatoms. The molecule has 2 aromatic carbocycles. The molecule has 1 heterocycles. The van der Waals surface area contributed by atoms with Crippen molar-refractivity contribution in [2.45, 2.75) is 18.9 Å². The summed E-state index contributed by atoms with van der Waals surface area (Å²) in [6.07, 6.45) is 2.01. The number of rotatable bonds is 4. The monoisotopic (exact) mass is 367 g/mol. The number of aromatic nitrogens is 2. The summed E-state index contributed by atoms with van der Waals surface area (Å²) >= 11 is 6.31. The van der Waals surface area contributed by atoms with E-state index in [4.69, 9.17) is 17.3 Å². The maximum absolute atomic E-state index is 12.3. The molecule has 4 rings (SSSR count). The van der Waals surface area contributed by atoms with Crippen LogP contribution in [0.4, 0.5) is 16.3 Å². The van der Waals surface area contributed by atoms with Gasteiger partial charge in [0.25, 0.3) is 0 Å². The number of urea groups is 1. The Bertz CT molecular complexity index is 950. The normalized spacial score (nSPS) is 13.4. The van der Waals surface area contributed by atoms with Crippen molar-refractivity contribution >= 4 is 29.1 Å². The fourth-order valence-electron chi connectivity index (χ4n) is 2.72. The Morgan fingerprint density at radius 3 is 2.50 bits per heavy atom. The molecule has 2 amide bonds. The zero-order valence-electron chi connectivity index (χ0n) is 13.9. The van der Waals surface area contributed by atoms with E-state index in [1.807, 2.05) is 48.5 Å². The van der Waals surface area contributed by atoms with Gasteiger partial charge in [-0.05, 0) is 25.0 Å². The summed E-state index contributed by atoms with van der Waals surface area (Å²) in [6.45, 7) is 0. The van der Waals surface area contributed by atoms with Crippen molar-refractivity contribution < 1.29 is 4.79 Å². The lowest BCUT2D eigenvalue weighted by molar-refractivity contribution is 0.251. The number of nitrogens with two attached hydrogens (primary N) is 1. The first kappa shape index (κ1) is 16.5. The Kier molecular flexibility index (Phi) is 4.26. The van der Waals surface area contributed by atoms with Gasteiger partial charge in [0.05, 0.1) is 10.7 Å². The molecule has 1 aliphatic carbocycles. The quantitative estimate of drug-likeness (QED) is 0.650. The number of nitrogen functional groups attached to an aromatic ring is 1. The van der Waals surface area contributed by atoms with Gasteiger partial charge in [0, 0.05) is 11.6 Å². The van der Waals surface area contributed by atoms with E-state index in [9.17, 15) is 4.79 Å². The number of anilines is 2. The van der Waals surface area contributed by atoms with Gasteiger partial charge < -0.3 is 16.4 Å². The van der Waals surface area contributed by atoms with Crippen LogP contribution in [-0.2, 0) is 0 Å². The van der Waals surface area contributed by atoms with E-state index >= 15 is 0 Å². The second kappa shape index (κ2) is 6.72. The Labute approximate surface area is 156 Å². The fourth-order valence-corrected chi connectivity index (χ4v) is 2.94. The van der Waals surface area contributed by atoms with E-state index in [2.05, 4.69) is 15.7 Å². The SMILES string of the molecule is Nc1c(NC(=O)NC2CC2)c(-c2ccccc2)nn1-c1ccccc1Cl. The summed E-state index contributed by atoms with van der Waals surface area (Å²) in [7, 11) is 0. The number of hydrogen-bond donors (Lipinski definition) is 3. The molecule has 1 fully saturated rings. The summed E-state index contributed by atoms with van der Waals surface area (Å²) < 4.78 is 1.55. The van der Waals surface area contributed by atoms with Gasteiger partial charge in [-0.2, -0.15) is 5.10 Å². The average molecular weight is 368 g/mol. The van der Waals surface area contributed by atoms with Crippen molar-refractivity contribution in [3.8, 4) is 16.9 Å². The van der Waals surface area contributed by atoms with Gasteiger partial charge in [0.1, 0.15) is 11.4 Å². The first-order valence-corrected chi connectivity index (χ1v) is 8.77. The summed E-state index contributed by atoms with van der Waals surface area (Å²) in [5.41, 5.74) is 8.90. The molecular weight excluding hydrogens is 350 g/mol. The highest BCUT2D eigenvalue weighted by Gasteiger charge is 2.26. The smallest absolute Gasteiger partial charge is 0.319 e. The molecule has 0 aliphatic heterocycles. The van der Waals surface area contributed by atoms with Crippen molar-refractivity contribution in [2.24, 2.45) is 0 Å². The summed E-state index contributed by atoms with van der Waals surface area (Å²) in [4.78, 5) is 12.3. The van der Waals surface area contributed by atoms with Crippen molar-refractivity contribution in [3.63, 3.8) is 0 Å². The van der Waals surface area contributed by atoms with Crippen molar-refractivity contribution in [1.29, 1.82) is 0 Å². The van der Waals surface area contributed by atoms with Gasteiger partial charge in [-0.1, -0.05) is 54.1 Å². The average Bonchev–Trinajstić information content (AvgIpc) is 3.40. The number of hydrogen-bond acceptors (Lipinski definition) is 3. The van der Waals surface area contributed by atoms with Crippen LogP contribution in [0, 0.1) is 0 Å². The predicted octanol–water partition coefficient (Wildman–Crippen LogP) is 4.06. The zero-order valence-corrected chi connectivity index (χ0v) is 14.7. The van der Waals surface area contributed by atoms with E-state index in [0.717, 1.165) is 18.4 Å². The van der Waals surface area contributed by atoms with Crippen molar-refractivity contribution in [3.05, 3.63) is 59.6 Å². The maximum atomic E-state index is 12.3. The third-order valence-corrected chi connectivity index (χ3v) is 4.52. The Hall–Kier alpha value is -2.99. The highest BCUT2D eigenvalue weighted by Crippen LogP contribution is 2.35. The molecule has 0 bridgehead atoms. The van der Waals surface area contributed by atoms with Crippen LogP contribution in [0.3, 0.4) is 0 Å². The van der Waals surface area contributed by atoms with E-state index in [1.165, 1.54) is 0 Å². The molecule has 4 N–H and O–H groups in total. The molecule has 0 radical (unpaired) electrons. The molecular formula is C19H18ClN5O. The van der Waals surface area contributed by atoms with Gasteiger partial charge in [0.2, 0.25) is 0 Å². The van der Waals surface area contributed by atoms with Gasteiger partial charge >= 0.3 is 6.03 Å². The number of nitrogens with zero attached hydrogens (tertiary/aromatic N) is 2. The van der Waals surface area contributed by atoms with Crippen molar-refractivity contribution in [1.82, 2.24) is 15.1 Å². The topological polar surface area (TPSA) is 85.0 Å². The second-order valence-corrected chi connectivity index (χ2v) is 6.62. The standard InChI is InChI=1S/C19H18ClN5O/c20-14-8-4-5-9-15(14)25-18(21)17(23-19(26)22-13-10-11-13)16(24-25)12-6-2-1-3-7-12/h1-9,13H,10-11,21H2,(H2,22,23,26). The van der Waals surface area contributed by atoms with Gasteiger partial charge in [-0.3, -0.25) is 0 Å². The van der Waals surface area contributed by atoms with E-state index < -0.39 is 0 Å². The van der Waals surface area contributed by atoms with E-state index in [1.54, 1.807) is 10.7 Å². The molecule has 132 valence electrons. The number of carbonyl (C=O) groups excluding carboxylic acids is 1. The summed E-state index contributed by atoms with van der Waals surface area (Å²) in [5, 5.41) is 10.9. The van der Waals surface area contributed by atoms with Crippen LogP contribution in [0.15, 0.2) is 54.6 Å². The number of amides is 2. The molecule has 1 aliphatic rings. The highest BCUT2D eigenvalue weighted by atomic mass is 35.5. The minimum Gasteiger partial charge on any atom is -0.382 e. The molecule has 6 nitrogen and oxygen atoms in total. The third kappa shape index (κ3) is 3.23. The second-order valence-electron chi connectivity index (χ2n) is 6.21. The number of para-hydroxylation sites is 1.